The topological polar surface area (TPSA) is 18.5 Å². The maximum absolute atomic E-state index is 5.98. The smallest absolute Gasteiger partial charge is 0.122 e. The molecule has 0 aromatic heterocycles. The molecular formula is C22H22O2. The summed E-state index contributed by atoms with van der Waals surface area (Å²) >= 11 is 0. The van der Waals surface area contributed by atoms with Crippen LogP contribution in [-0.2, 0) is 13.2 Å². The number of aryl methyl sites for hydroxylation is 2. The zero-order chi connectivity index (χ0) is 16.8. The van der Waals surface area contributed by atoms with Crippen LogP contribution in [0.4, 0.5) is 0 Å². The molecule has 3 aromatic carbocycles. The molecule has 0 N–H and O–H groups in total. The summed E-state index contributed by atoms with van der Waals surface area (Å²) in [4.78, 5) is 0. The predicted octanol–water partition coefficient (Wildman–Crippen LogP) is 5.46. The SMILES string of the molecule is Cc1ccccc1OCc1ccccc1COc1ccccc1C. The Balaban J connectivity index is 1.69. The molecule has 0 aliphatic rings. The fourth-order valence-corrected chi connectivity index (χ4v) is 2.59. The zero-order valence-corrected chi connectivity index (χ0v) is 14.2. The van der Waals surface area contributed by atoms with E-state index < -0.39 is 0 Å². The van der Waals surface area contributed by atoms with Gasteiger partial charge in [0, 0.05) is 0 Å². The first kappa shape index (κ1) is 16.1. The molecule has 0 spiro atoms. The van der Waals surface area contributed by atoms with Gasteiger partial charge < -0.3 is 9.47 Å². The van der Waals surface area contributed by atoms with E-state index >= 15 is 0 Å². The van der Waals surface area contributed by atoms with E-state index in [2.05, 4.69) is 38.1 Å². The van der Waals surface area contributed by atoms with Crippen molar-refractivity contribution in [2.75, 3.05) is 0 Å². The van der Waals surface area contributed by atoms with Gasteiger partial charge in [-0.05, 0) is 48.2 Å². The highest BCUT2D eigenvalue weighted by Crippen LogP contribution is 2.21. The first-order valence-electron chi connectivity index (χ1n) is 8.17. The molecule has 3 rings (SSSR count). The van der Waals surface area contributed by atoms with Crippen LogP contribution in [0.2, 0.25) is 0 Å². The molecule has 0 heterocycles. The van der Waals surface area contributed by atoms with Gasteiger partial charge >= 0.3 is 0 Å². The van der Waals surface area contributed by atoms with E-state index in [9.17, 15) is 0 Å². The molecule has 122 valence electrons. The summed E-state index contributed by atoms with van der Waals surface area (Å²) in [6.07, 6.45) is 0. The van der Waals surface area contributed by atoms with Crippen LogP contribution in [0.5, 0.6) is 11.5 Å². The van der Waals surface area contributed by atoms with Gasteiger partial charge in [-0.1, -0.05) is 60.7 Å². The second kappa shape index (κ2) is 7.69. The van der Waals surface area contributed by atoms with Crippen molar-refractivity contribution in [3.63, 3.8) is 0 Å². The van der Waals surface area contributed by atoms with Crippen LogP contribution >= 0.6 is 0 Å². The number of ether oxygens (including phenoxy) is 2. The third kappa shape index (κ3) is 3.96. The van der Waals surface area contributed by atoms with Gasteiger partial charge in [0.2, 0.25) is 0 Å². The molecule has 0 aliphatic heterocycles. The van der Waals surface area contributed by atoms with Crippen LogP contribution < -0.4 is 9.47 Å². The van der Waals surface area contributed by atoms with Crippen LogP contribution in [0, 0.1) is 13.8 Å². The molecular weight excluding hydrogens is 296 g/mol. The van der Waals surface area contributed by atoms with Crippen molar-refractivity contribution >= 4 is 0 Å². The molecule has 0 aliphatic carbocycles. The first-order chi connectivity index (χ1) is 11.7. The summed E-state index contributed by atoms with van der Waals surface area (Å²) < 4.78 is 12.0. The molecule has 0 saturated heterocycles. The molecule has 2 nitrogen and oxygen atoms in total. The van der Waals surface area contributed by atoms with E-state index in [-0.39, 0.29) is 0 Å². The monoisotopic (exact) mass is 318 g/mol. The summed E-state index contributed by atoms with van der Waals surface area (Å²) in [6, 6.07) is 24.4. The highest BCUT2D eigenvalue weighted by molar-refractivity contribution is 5.34. The van der Waals surface area contributed by atoms with Crippen LogP contribution in [0.15, 0.2) is 72.8 Å². The molecule has 2 heteroatoms. The number of para-hydroxylation sites is 2. The number of benzene rings is 3. The number of hydrogen-bond donors (Lipinski definition) is 0. The van der Waals surface area contributed by atoms with Gasteiger partial charge in [0.15, 0.2) is 0 Å². The lowest BCUT2D eigenvalue weighted by Gasteiger charge is -2.14. The maximum atomic E-state index is 5.98. The van der Waals surface area contributed by atoms with E-state index in [0.29, 0.717) is 13.2 Å². The Morgan fingerprint density at radius 1 is 0.542 bits per heavy atom. The van der Waals surface area contributed by atoms with Gasteiger partial charge in [0.1, 0.15) is 24.7 Å². The minimum Gasteiger partial charge on any atom is -0.489 e. The Kier molecular flexibility index (Phi) is 5.17. The number of hydrogen-bond acceptors (Lipinski definition) is 2. The predicted molar refractivity (Wildman–Crippen MR) is 97.5 cm³/mol. The highest BCUT2D eigenvalue weighted by atomic mass is 16.5. The fourth-order valence-electron chi connectivity index (χ4n) is 2.59. The second-order valence-corrected chi connectivity index (χ2v) is 5.88. The van der Waals surface area contributed by atoms with E-state index in [1.54, 1.807) is 0 Å². The van der Waals surface area contributed by atoms with Crippen molar-refractivity contribution in [2.45, 2.75) is 27.1 Å². The maximum Gasteiger partial charge on any atom is 0.122 e. The lowest BCUT2D eigenvalue weighted by Crippen LogP contribution is -2.04. The molecule has 0 bridgehead atoms. The zero-order valence-electron chi connectivity index (χ0n) is 14.2. The van der Waals surface area contributed by atoms with Gasteiger partial charge in [-0.25, -0.2) is 0 Å². The quantitative estimate of drug-likeness (QED) is 0.600. The van der Waals surface area contributed by atoms with Gasteiger partial charge in [0.05, 0.1) is 0 Å². The van der Waals surface area contributed by atoms with Crippen molar-refractivity contribution in [1.29, 1.82) is 0 Å². The fraction of sp³-hybridized carbons (Fsp3) is 0.182. The Morgan fingerprint density at radius 2 is 0.917 bits per heavy atom. The van der Waals surface area contributed by atoms with Crippen molar-refractivity contribution in [2.24, 2.45) is 0 Å². The van der Waals surface area contributed by atoms with Crippen molar-refractivity contribution in [3.05, 3.63) is 95.1 Å². The van der Waals surface area contributed by atoms with E-state index in [1.807, 2.05) is 48.5 Å². The average Bonchev–Trinajstić information content (AvgIpc) is 2.61. The third-order valence-electron chi connectivity index (χ3n) is 4.07. The normalized spacial score (nSPS) is 10.4. The Labute approximate surface area is 143 Å². The van der Waals surface area contributed by atoms with Crippen LogP contribution in [-0.4, -0.2) is 0 Å². The van der Waals surface area contributed by atoms with Crippen molar-refractivity contribution in [3.8, 4) is 11.5 Å². The number of rotatable bonds is 6. The molecule has 0 atom stereocenters. The minimum absolute atomic E-state index is 0.540. The summed E-state index contributed by atoms with van der Waals surface area (Å²) in [5.41, 5.74) is 4.58. The lowest BCUT2D eigenvalue weighted by atomic mass is 10.1. The second-order valence-electron chi connectivity index (χ2n) is 5.88. The van der Waals surface area contributed by atoms with Gasteiger partial charge in [-0.3, -0.25) is 0 Å². The third-order valence-corrected chi connectivity index (χ3v) is 4.07. The van der Waals surface area contributed by atoms with E-state index in [4.69, 9.17) is 9.47 Å². The molecule has 3 aromatic rings. The lowest BCUT2D eigenvalue weighted by molar-refractivity contribution is 0.283. The van der Waals surface area contributed by atoms with Crippen LogP contribution in [0.25, 0.3) is 0 Å². The minimum atomic E-state index is 0.540. The van der Waals surface area contributed by atoms with Gasteiger partial charge in [-0.15, -0.1) is 0 Å². The van der Waals surface area contributed by atoms with Gasteiger partial charge in [-0.2, -0.15) is 0 Å². The average molecular weight is 318 g/mol. The summed E-state index contributed by atoms with van der Waals surface area (Å²) in [5, 5.41) is 0. The Bertz CT molecular complexity index is 740. The molecule has 0 unspecified atom stereocenters. The van der Waals surface area contributed by atoms with Crippen LogP contribution in [0.1, 0.15) is 22.3 Å². The summed E-state index contributed by atoms with van der Waals surface area (Å²) in [6.45, 7) is 5.20. The largest absolute Gasteiger partial charge is 0.489 e. The molecule has 0 radical (unpaired) electrons. The molecule has 0 amide bonds. The first-order valence-corrected chi connectivity index (χ1v) is 8.17. The summed E-state index contributed by atoms with van der Waals surface area (Å²) in [5.74, 6) is 1.85. The van der Waals surface area contributed by atoms with E-state index in [0.717, 1.165) is 33.8 Å². The van der Waals surface area contributed by atoms with E-state index in [1.165, 1.54) is 0 Å². The Hall–Kier alpha value is -2.74. The molecule has 24 heavy (non-hydrogen) atoms. The summed E-state index contributed by atoms with van der Waals surface area (Å²) in [7, 11) is 0. The van der Waals surface area contributed by atoms with Crippen LogP contribution in [0.3, 0.4) is 0 Å². The van der Waals surface area contributed by atoms with Crippen molar-refractivity contribution in [1.82, 2.24) is 0 Å². The van der Waals surface area contributed by atoms with Crippen molar-refractivity contribution < 1.29 is 9.47 Å². The molecule has 0 saturated carbocycles. The highest BCUT2D eigenvalue weighted by Gasteiger charge is 2.06. The standard InChI is InChI=1S/C22H22O2/c1-17-9-3-7-13-21(17)23-15-19-11-5-6-12-20(19)16-24-22-14-8-4-10-18(22)2/h3-14H,15-16H2,1-2H3. The molecule has 0 fully saturated rings. The Morgan fingerprint density at radius 3 is 1.33 bits per heavy atom. The van der Waals surface area contributed by atoms with Gasteiger partial charge in [0.25, 0.3) is 0 Å².